The molecule has 1 N–H and O–H groups in total. The molecule has 2 aromatic heterocycles. The average molecular weight is 404 g/mol. The standard InChI is InChI=1S/C23H24N4O3/c1-15-13-18(16(2)27(15)21-7-4-5-11-24-21)23(29)25-17-9-10-19(20(14-17)30-3)26-12-6-8-22(26)28/h4-5,7,9-11,13-14H,6,8,12H2,1-3H3,(H,25,29). The number of rotatable bonds is 5. The summed E-state index contributed by atoms with van der Waals surface area (Å²) < 4.78 is 7.44. The zero-order valence-electron chi connectivity index (χ0n) is 17.3. The van der Waals surface area contributed by atoms with Gasteiger partial charge in [-0.05, 0) is 50.6 Å². The van der Waals surface area contributed by atoms with Crippen LogP contribution >= 0.6 is 0 Å². The third-order valence-corrected chi connectivity index (χ3v) is 5.36. The maximum absolute atomic E-state index is 13.0. The predicted octanol–water partition coefficient (Wildman–Crippen LogP) is 3.88. The SMILES string of the molecule is COc1cc(NC(=O)c2cc(C)n(-c3ccccn3)c2C)ccc1N1CCCC1=O. The molecule has 1 saturated heterocycles. The molecule has 30 heavy (non-hydrogen) atoms. The van der Waals surface area contributed by atoms with Crippen molar-refractivity contribution < 1.29 is 14.3 Å². The lowest BCUT2D eigenvalue weighted by Gasteiger charge is -2.19. The number of pyridine rings is 1. The van der Waals surface area contributed by atoms with Crippen molar-refractivity contribution in [3.8, 4) is 11.6 Å². The second-order valence-electron chi connectivity index (χ2n) is 7.30. The number of carbonyl (C=O) groups is 2. The predicted molar refractivity (Wildman–Crippen MR) is 116 cm³/mol. The quantitative estimate of drug-likeness (QED) is 0.700. The zero-order valence-corrected chi connectivity index (χ0v) is 17.3. The highest BCUT2D eigenvalue weighted by atomic mass is 16.5. The van der Waals surface area contributed by atoms with E-state index < -0.39 is 0 Å². The number of aryl methyl sites for hydroxylation is 1. The summed E-state index contributed by atoms with van der Waals surface area (Å²) in [4.78, 5) is 31.2. The van der Waals surface area contributed by atoms with Gasteiger partial charge in [0.15, 0.2) is 0 Å². The number of nitrogens with one attached hydrogen (secondary N) is 1. The van der Waals surface area contributed by atoms with Crippen molar-refractivity contribution >= 4 is 23.2 Å². The summed E-state index contributed by atoms with van der Waals surface area (Å²) in [6, 6.07) is 12.9. The van der Waals surface area contributed by atoms with Gasteiger partial charge in [-0.1, -0.05) is 6.07 Å². The van der Waals surface area contributed by atoms with Crippen LogP contribution in [0.25, 0.3) is 5.82 Å². The molecule has 1 aliphatic heterocycles. The molecule has 0 saturated carbocycles. The molecule has 4 rings (SSSR count). The van der Waals surface area contributed by atoms with Crippen molar-refractivity contribution in [1.29, 1.82) is 0 Å². The van der Waals surface area contributed by atoms with Crippen molar-refractivity contribution in [2.24, 2.45) is 0 Å². The fourth-order valence-electron chi connectivity index (χ4n) is 3.91. The number of methoxy groups -OCH3 is 1. The molecule has 1 fully saturated rings. The van der Waals surface area contributed by atoms with E-state index in [1.807, 2.05) is 48.7 Å². The molecular weight excluding hydrogens is 380 g/mol. The number of carbonyl (C=O) groups excluding carboxylic acids is 2. The van der Waals surface area contributed by atoms with E-state index in [1.165, 1.54) is 0 Å². The minimum Gasteiger partial charge on any atom is -0.494 e. The van der Waals surface area contributed by atoms with Gasteiger partial charge in [-0.2, -0.15) is 0 Å². The van der Waals surface area contributed by atoms with Crippen LogP contribution in [0.3, 0.4) is 0 Å². The highest BCUT2D eigenvalue weighted by molar-refractivity contribution is 6.06. The van der Waals surface area contributed by atoms with Crippen LogP contribution in [0.2, 0.25) is 0 Å². The summed E-state index contributed by atoms with van der Waals surface area (Å²) in [5, 5.41) is 2.94. The Balaban J connectivity index is 1.60. The Hall–Kier alpha value is -3.61. The summed E-state index contributed by atoms with van der Waals surface area (Å²) in [5.41, 5.74) is 3.66. The first-order chi connectivity index (χ1) is 14.5. The van der Waals surface area contributed by atoms with Crippen LogP contribution in [-0.2, 0) is 4.79 Å². The Morgan fingerprint density at radius 2 is 2.00 bits per heavy atom. The second kappa shape index (κ2) is 8.02. The van der Waals surface area contributed by atoms with Gasteiger partial charge in [-0.3, -0.25) is 9.59 Å². The van der Waals surface area contributed by atoms with E-state index in [4.69, 9.17) is 4.74 Å². The van der Waals surface area contributed by atoms with Crippen molar-refractivity contribution in [3.63, 3.8) is 0 Å². The minimum atomic E-state index is -0.211. The van der Waals surface area contributed by atoms with Gasteiger partial charge in [0.1, 0.15) is 11.6 Å². The van der Waals surface area contributed by atoms with Gasteiger partial charge in [0, 0.05) is 42.3 Å². The van der Waals surface area contributed by atoms with E-state index in [0.29, 0.717) is 30.0 Å². The van der Waals surface area contributed by atoms with E-state index in [0.717, 1.165) is 29.3 Å². The zero-order chi connectivity index (χ0) is 21.3. The lowest BCUT2D eigenvalue weighted by atomic mass is 10.2. The number of nitrogens with zero attached hydrogens (tertiary/aromatic N) is 3. The maximum Gasteiger partial charge on any atom is 0.257 e. The van der Waals surface area contributed by atoms with Crippen LogP contribution in [0.5, 0.6) is 5.75 Å². The fourth-order valence-corrected chi connectivity index (χ4v) is 3.91. The molecule has 3 heterocycles. The van der Waals surface area contributed by atoms with Crippen molar-refractivity contribution in [2.45, 2.75) is 26.7 Å². The smallest absolute Gasteiger partial charge is 0.257 e. The number of hydrogen-bond acceptors (Lipinski definition) is 4. The van der Waals surface area contributed by atoms with Gasteiger partial charge in [-0.15, -0.1) is 0 Å². The Kier molecular flexibility index (Phi) is 5.27. The summed E-state index contributed by atoms with van der Waals surface area (Å²) in [6.07, 6.45) is 3.12. The van der Waals surface area contributed by atoms with Gasteiger partial charge >= 0.3 is 0 Å². The van der Waals surface area contributed by atoms with Crippen molar-refractivity contribution in [2.75, 3.05) is 23.9 Å². The topological polar surface area (TPSA) is 76.5 Å². The van der Waals surface area contributed by atoms with Gasteiger partial charge in [0.2, 0.25) is 5.91 Å². The van der Waals surface area contributed by atoms with Crippen LogP contribution in [0.15, 0.2) is 48.7 Å². The molecule has 0 aliphatic carbocycles. The van der Waals surface area contributed by atoms with Crippen molar-refractivity contribution in [3.05, 3.63) is 65.6 Å². The van der Waals surface area contributed by atoms with Crippen LogP contribution in [0.1, 0.15) is 34.6 Å². The molecule has 0 bridgehead atoms. The number of benzene rings is 1. The first-order valence-corrected chi connectivity index (χ1v) is 9.89. The maximum atomic E-state index is 13.0. The first kappa shape index (κ1) is 19.7. The van der Waals surface area contributed by atoms with Gasteiger partial charge < -0.3 is 19.5 Å². The number of ether oxygens (including phenoxy) is 1. The van der Waals surface area contributed by atoms with E-state index in [2.05, 4.69) is 10.3 Å². The number of amides is 2. The number of aromatic nitrogens is 2. The average Bonchev–Trinajstić information content (AvgIpc) is 3.30. The summed E-state index contributed by atoms with van der Waals surface area (Å²) in [5.74, 6) is 1.21. The summed E-state index contributed by atoms with van der Waals surface area (Å²) in [7, 11) is 1.56. The number of hydrogen-bond donors (Lipinski definition) is 1. The molecule has 0 spiro atoms. The normalized spacial score (nSPS) is 13.6. The Morgan fingerprint density at radius 3 is 2.67 bits per heavy atom. The van der Waals surface area contributed by atoms with E-state index in [-0.39, 0.29) is 11.8 Å². The van der Waals surface area contributed by atoms with Gasteiger partial charge in [0.05, 0.1) is 18.4 Å². The Labute approximate surface area is 175 Å². The van der Waals surface area contributed by atoms with Crippen LogP contribution in [-0.4, -0.2) is 35.0 Å². The third-order valence-electron chi connectivity index (χ3n) is 5.36. The molecule has 3 aromatic rings. The molecule has 7 nitrogen and oxygen atoms in total. The third kappa shape index (κ3) is 3.54. The van der Waals surface area contributed by atoms with Gasteiger partial charge in [0.25, 0.3) is 5.91 Å². The summed E-state index contributed by atoms with van der Waals surface area (Å²) >= 11 is 0. The number of anilines is 2. The molecule has 1 aromatic carbocycles. The van der Waals surface area contributed by atoms with E-state index >= 15 is 0 Å². The van der Waals surface area contributed by atoms with Gasteiger partial charge in [-0.25, -0.2) is 4.98 Å². The van der Waals surface area contributed by atoms with Crippen LogP contribution in [0, 0.1) is 13.8 Å². The Morgan fingerprint density at radius 1 is 1.17 bits per heavy atom. The van der Waals surface area contributed by atoms with Crippen LogP contribution < -0.4 is 15.0 Å². The summed E-state index contributed by atoms with van der Waals surface area (Å²) in [6.45, 7) is 4.53. The highest BCUT2D eigenvalue weighted by Gasteiger charge is 2.25. The van der Waals surface area contributed by atoms with E-state index in [9.17, 15) is 9.59 Å². The largest absolute Gasteiger partial charge is 0.494 e. The lowest BCUT2D eigenvalue weighted by molar-refractivity contribution is -0.117. The molecule has 0 unspecified atom stereocenters. The molecule has 0 radical (unpaired) electrons. The highest BCUT2D eigenvalue weighted by Crippen LogP contribution is 2.34. The minimum absolute atomic E-state index is 0.0899. The fraction of sp³-hybridized carbons (Fsp3) is 0.261. The molecule has 0 atom stereocenters. The molecule has 1 aliphatic rings. The molecular formula is C23H24N4O3. The molecule has 2 amide bonds. The second-order valence-corrected chi connectivity index (χ2v) is 7.30. The monoisotopic (exact) mass is 404 g/mol. The lowest BCUT2D eigenvalue weighted by Crippen LogP contribution is -2.24. The van der Waals surface area contributed by atoms with Crippen molar-refractivity contribution in [1.82, 2.24) is 9.55 Å². The van der Waals surface area contributed by atoms with Crippen LogP contribution in [0.4, 0.5) is 11.4 Å². The first-order valence-electron chi connectivity index (χ1n) is 9.89. The Bertz CT molecular complexity index is 1110. The molecule has 154 valence electrons. The molecule has 7 heteroatoms. The van der Waals surface area contributed by atoms with E-state index in [1.54, 1.807) is 30.3 Å².